The van der Waals surface area contributed by atoms with Crippen molar-refractivity contribution in [1.82, 2.24) is 14.5 Å². The van der Waals surface area contributed by atoms with Gasteiger partial charge in [-0.25, -0.2) is 9.78 Å². The first-order valence-corrected chi connectivity index (χ1v) is 9.76. The Morgan fingerprint density at radius 2 is 2.12 bits per heavy atom. The quantitative estimate of drug-likeness (QED) is 0.480. The average molecular weight is 461 g/mol. The second-order valence-corrected chi connectivity index (χ2v) is 8.80. The molecule has 0 aliphatic carbocycles. The Bertz CT molecular complexity index is 913. The Labute approximate surface area is 165 Å². The lowest BCUT2D eigenvalue weighted by molar-refractivity contribution is 0.00596. The molecule has 0 N–H and O–H groups in total. The SMILES string of the molecule is CC(C)(C)OC(=O)c1ncn2c1[C@@H]1CCCN1C(=O)c1c([123I])cccc1-2. The molecular weight excluding hydrogens is 441 g/mol. The highest BCUT2D eigenvalue weighted by Crippen LogP contribution is 2.40. The molecule has 2 aliphatic rings. The predicted octanol–water partition coefficient (Wildman–Crippen LogP) is 3.72. The van der Waals surface area contributed by atoms with Gasteiger partial charge in [0.05, 0.1) is 23.0 Å². The van der Waals surface area contributed by atoms with Gasteiger partial charge >= 0.3 is 5.97 Å². The summed E-state index contributed by atoms with van der Waals surface area (Å²) in [5.41, 5.74) is 1.90. The third-order valence-electron chi connectivity index (χ3n) is 4.69. The van der Waals surface area contributed by atoms with Crippen LogP contribution in [0.25, 0.3) is 5.69 Å². The van der Waals surface area contributed by atoms with Crippen molar-refractivity contribution in [1.29, 1.82) is 0 Å². The molecular formula is C19H20IN3O3. The van der Waals surface area contributed by atoms with E-state index in [0.29, 0.717) is 17.8 Å². The number of ether oxygens (including phenoxy) is 1. The summed E-state index contributed by atoms with van der Waals surface area (Å²) >= 11 is 2.19. The summed E-state index contributed by atoms with van der Waals surface area (Å²) in [5.74, 6) is -0.425. The molecule has 6 nitrogen and oxygen atoms in total. The molecule has 0 unspecified atom stereocenters. The van der Waals surface area contributed by atoms with Gasteiger partial charge < -0.3 is 9.64 Å². The number of nitrogens with zero attached hydrogens (tertiary/aromatic N) is 3. The van der Waals surface area contributed by atoms with Gasteiger partial charge in [-0.05, 0) is 68.3 Å². The van der Waals surface area contributed by atoms with Gasteiger partial charge in [0.25, 0.3) is 5.91 Å². The molecule has 1 saturated heterocycles. The van der Waals surface area contributed by atoms with Crippen LogP contribution in [0.2, 0.25) is 0 Å². The van der Waals surface area contributed by atoms with Gasteiger partial charge in [0.2, 0.25) is 0 Å². The van der Waals surface area contributed by atoms with E-state index in [1.807, 2.05) is 48.4 Å². The monoisotopic (exact) mass is 461 g/mol. The Kier molecular flexibility index (Phi) is 4.09. The maximum absolute atomic E-state index is 13.2. The molecule has 2 aromatic rings. The van der Waals surface area contributed by atoms with Crippen LogP contribution in [0, 0.1) is 3.57 Å². The number of esters is 1. The fraction of sp³-hybridized carbons (Fsp3) is 0.421. The second kappa shape index (κ2) is 6.07. The van der Waals surface area contributed by atoms with E-state index in [0.717, 1.165) is 27.8 Å². The Balaban J connectivity index is 1.93. The molecule has 3 heterocycles. The molecule has 0 saturated carbocycles. The van der Waals surface area contributed by atoms with E-state index in [9.17, 15) is 9.59 Å². The van der Waals surface area contributed by atoms with Gasteiger partial charge in [0, 0.05) is 10.1 Å². The Morgan fingerprint density at radius 3 is 2.85 bits per heavy atom. The van der Waals surface area contributed by atoms with E-state index in [1.165, 1.54) is 0 Å². The van der Waals surface area contributed by atoms with Crippen molar-refractivity contribution in [2.45, 2.75) is 45.3 Å². The normalized spacial score (nSPS) is 18.8. The highest BCUT2D eigenvalue weighted by molar-refractivity contribution is 14.1. The molecule has 0 spiro atoms. The van der Waals surface area contributed by atoms with Gasteiger partial charge in [-0.1, -0.05) is 6.07 Å². The minimum Gasteiger partial charge on any atom is -0.455 e. The number of halogens is 1. The minimum absolute atomic E-state index is 0.0198. The van der Waals surface area contributed by atoms with Crippen molar-refractivity contribution < 1.29 is 14.3 Å². The van der Waals surface area contributed by atoms with Crippen molar-refractivity contribution in [3.8, 4) is 5.69 Å². The first-order chi connectivity index (χ1) is 12.3. The summed E-state index contributed by atoms with van der Waals surface area (Å²) in [4.78, 5) is 32.2. The van der Waals surface area contributed by atoms with E-state index in [1.54, 1.807) is 6.33 Å². The standard InChI is InChI=1S/C19H20IN3O3/c1-19(2,3)26-18(25)15-16-13-8-5-9-22(13)17(24)14-11(20)6-4-7-12(14)23(16)10-21-15/h4,6-7,10,13H,5,8-9H2,1-3H3/t13-/m0/s1/i20-4. The van der Waals surface area contributed by atoms with Crippen LogP contribution in [0.1, 0.15) is 66.2 Å². The topological polar surface area (TPSA) is 64.4 Å². The van der Waals surface area contributed by atoms with Crippen molar-refractivity contribution in [2.24, 2.45) is 0 Å². The molecule has 1 aromatic carbocycles. The number of hydrogen-bond donors (Lipinski definition) is 0. The van der Waals surface area contributed by atoms with E-state index in [-0.39, 0.29) is 11.9 Å². The summed E-state index contributed by atoms with van der Waals surface area (Å²) in [5, 5.41) is 0. The number of benzene rings is 1. The van der Waals surface area contributed by atoms with Crippen LogP contribution in [0.5, 0.6) is 0 Å². The molecule has 1 amide bonds. The molecule has 0 radical (unpaired) electrons. The van der Waals surface area contributed by atoms with Crippen LogP contribution < -0.4 is 0 Å². The van der Waals surface area contributed by atoms with Crippen LogP contribution in [-0.4, -0.2) is 38.5 Å². The van der Waals surface area contributed by atoms with E-state index in [2.05, 4.69) is 27.6 Å². The fourth-order valence-electron chi connectivity index (χ4n) is 3.71. The molecule has 7 heteroatoms. The van der Waals surface area contributed by atoms with E-state index < -0.39 is 11.6 Å². The van der Waals surface area contributed by atoms with Gasteiger partial charge in [-0.15, -0.1) is 0 Å². The summed E-state index contributed by atoms with van der Waals surface area (Å²) in [7, 11) is 0. The number of fused-ring (bicyclic) bond motifs is 5. The van der Waals surface area contributed by atoms with E-state index in [4.69, 9.17) is 4.74 Å². The third-order valence-corrected chi connectivity index (χ3v) is 5.59. The summed E-state index contributed by atoms with van der Waals surface area (Å²) in [6.07, 6.45) is 3.37. The van der Waals surface area contributed by atoms with Crippen molar-refractivity contribution >= 4 is 34.5 Å². The number of carbonyl (C=O) groups excluding carboxylic acids is 2. The number of amides is 1. The lowest BCUT2D eigenvalue weighted by Gasteiger charge is -2.24. The minimum atomic E-state index is -0.600. The van der Waals surface area contributed by atoms with Gasteiger partial charge in [-0.2, -0.15) is 0 Å². The van der Waals surface area contributed by atoms with Crippen molar-refractivity contribution in [3.05, 3.63) is 45.0 Å². The predicted molar refractivity (Wildman–Crippen MR) is 104 cm³/mol. The first-order valence-electron chi connectivity index (χ1n) is 8.68. The van der Waals surface area contributed by atoms with Crippen molar-refractivity contribution in [3.63, 3.8) is 0 Å². The first kappa shape index (κ1) is 17.5. The highest BCUT2D eigenvalue weighted by Gasteiger charge is 2.41. The Morgan fingerprint density at radius 1 is 1.35 bits per heavy atom. The molecule has 1 fully saturated rings. The second-order valence-electron chi connectivity index (χ2n) is 7.64. The molecule has 1 aromatic heterocycles. The number of carbonyl (C=O) groups is 2. The van der Waals surface area contributed by atoms with Crippen LogP contribution in [0.4, 0.5) is 0 Å². The summed E-state index contributed by atoms with van der Waals surface area (Å²) < 4.78 is 8.35. The number of rotatable bonds is 1. The van der Waals surface area contributed by atoms with Crippen LogP contribution >= 0.6 is 22.6 Å². The number of hydrogen-bond acceptors (Lipinski definition) is 4. The third kappa shape index (κ3) is 2.72. The zero-order valence-corrected chi connectivity index (χ0v) is 17.1. The molecule has 26 heavy (non-hydrogen) atoms. The average Bonchev–Trinajstić information content (AvgIpc) is 3.17. The van der Waals surface area contributed by atoms with Crippen LogP contribution in [-0.2, 0) is 4.74 Å². The van der Waals surface area contributed by atoms with E-state index >= 15 is 0 Å². The van der Waals surface area contributed by atoms with Crippen LogP contribution in [0.3, 0.4) is 0 Å². The molecule has 2 aliphatic heterocycles. The molecule has 136 valence electrons. The fourth-order valence-corrected chi connectivity index (χ4v) is 4.43. The number of imidazole rings is 1. The maximum Gasteiger partial charge on any atom is 0.359 e. The summed E-state index contributed by atoms with van der Waals surface area (Å²) in [6.45, 7) is 6.20. The highest BCUT2D eigenvalue weighted by atomic mass is 123. The zero-order chi connectivity index (χ0) is 18.6. The largest absolute Gasteiger partial charge is 0.455 e. The zero-order valence-electron chi connectivity index (χ0n) is 15.0. The molecule has 4 rings (SSSR count). The van der Waals surface area contributed by atoms with Crippen LogP contribution in [0.15, 0.2) is 24.5 Å². The smallest absolute Gasteiger partial charge is 0.359 e. The van der Waals surface area contributed by atoms with Gasteiger partial charge in [-0.3, -0.25) is 9.36 Å². The van der Waals surface area contributed by atoms with Gasteiger partial charge in [0.15, 0.2) is 5.69 Å². The van der Waals surface area contributed by atoms with Crippen molar-refractivity contribution in [2.75, 3.05) is 6.54 Å². The number of aromatic nitrogens is 2. The summed E-state index contributed by atoms with van der Waals surface area (Å²) in [6, 6.07) is 5.60. The molecule has 0 bridgehead atoms. The Hall–Kier alpha value is -1.90. The van der Waals surface area contributed by atoms with Gasteiger partial charge in [0.1, 0.15) is 11.9 Å². The lowest BCUT2D eigenvalue weighted by Crippen LogP contribution is -2.31. The molecule has 1 atom stereocenters. The lowest BCUT2D eigenvalue weighted by atomic mass is 10.1. The maximum atomic E-state index is 13.2.